The van der Waals surface area contributed by atoms with Crippen molar-refractivity contribution < 1.29 is 9.53 Å². The van der Waals surface area contributed by atoms with Crippen molar-refractivity contribution in [1.29, 1.82) is 0 Å². The molecule has 7 heteroatoms. The van der Waals surface area contributed by atoms with E-state index in [0.29, 0.717) is 29.6 Å². The first-order valence-corrected chi connectivity index (χ1v) is 7.54. The predicted octanol–water partition coefficient (Wildman–Crippen LogP) is 2.17. The first kappa shape index (κ1) is 15.0. The lowest BCUT2D eigenvalue weighted by Gasteiger charge is -2.36. The lowest BCUT2D eigenvalue weighted by molar-refractivity contribution is -0.0389. The van der Waals surface area contributed by atoms with E-state index in [1.165, 1.54) is 4.68 Å². The molecule has 2 aromatic rings. The molecule has 22 heavy (non-hydrogen) atoms. The SMILES string of the molecule is CC1CN(C(=O)c2cn(-c3ccccc3Cl)nn2)C(C)CO1. The van der Waals surface area contributed by atoms with Gasteiger partial charge in [-0.15, -0.1) is 5.10 Å². The molecule has 3 rings (SSSR count). The number of carbonyl (C=O) groups excluding carboxylic acids is 1. The summed E-state index contributed by atoms with van der Waals surface area (Å²) in [5.41, 5.74) is 1.000. The number of aromatic nitrogens is 3. The van der Waals surface area contributed by atoms with Gasteiger partial charge in [-0.2, -0.15) is 0 Å². The number of halogens is 1. The molecular formula is C15H17ClN4O2. The minimum absolute atomic E-state index is 0.0224. The minimum Gasteiger partial charge on any atom is -0.375 e. The van der Waals surface area contributed by atoms with E-state index in [0.717, 1.165) is 0 Å². The third kappa shape index (κ3) is 2.84. The fourth-order valence-corrected chi connectivity index (χ4v) is 2.67. The fraction of sp³-hybridized carbons (Fsp3) is 0.400. The molecule has 116 valence electrons. The molecule has 1 aromatic heterocycles. The zero-order valence-corrected chi connectivity index (χ0v) is 13.2. The van der Waals surface area contributed by atoms with Crippen molar-refractivity contribution in [3.05, 3.63) is 41.2 Å². The Morgan fingerprint density at radius 3 is 2.91 bits per heavy atom. The van der Waals surface area contributed by atoms with E-state index in [1.54, 1.807) is 17.2 Å². The highest BCUT2D eigenvalue weighted by Gasteiger charge is 2.29. The van der Waals surface area contributed by atoms with Gasteiger partial charge in [0, 0.05) is 6.54 Å². The van der Waals surface area contributed by atoms with E-state index in [-0.39, 0.29) is 18.1 Å². The fourth-order valence-electron chi connectivity index (χ4n) is 2.45. The first-order chi connectivity index (χ1) is 10.6. The topological polar surface area (TPSA) is 60.2 Å². The third-order valence-corrected chi connectivity index (χ3v) is 4.00. The molecule has 0 N–H and O–H groups in total. The van der Waals surface area contributed by atoms with E-state index < -0.39 is 0 Å². The van der Waals surface area contributed by atoms with E-state index in [1.807, 2.05) is 32.0 Å². The number of ether oxygens (including phenoxy) is 1. The number of hydrogen-bond donors (Lipinski definition) is 0. The molecule has 1 fully saturated rings. The summed E-state index contributed by atoms with van der Waals surface area (Å²) in [7, 11) is 0. The van der Waals surface area contributed by atoms with Gasteiger partial charge in [0.2, 0.25) is 0 Å². The Kier molecular flexibility index (Phi) is 4.13. The Morgan fingerprint density at radius 2 is 2.14 bits per heavy atom. The molecule has 2 heterocycles. The molecule has 1 saturated heterocycles. The molecule has 0 bridgehead atoms. The van der Waals surface area contributed by atoms with Crippen molar-refractivity contribution >= 4 is 17.5 Å². The van der Waals surface area contributed by atoms with Crippen molar-refractivity contribution in [3.63, 3.8) is 0 Å². The lowest BCUT2D eigenvalue weighted by atomic mass is 10.2. The number of para-hydroxylation sites is 1. The number of morpholine rings is 1. The summed E-state index contributed by atoms with van der Waals surface area (Å²) in [4.78, 5) is 14.4. The Hall–Kier alpha value is -1.92. The van der Waals surface area contributed by atoms with E-state index >= 15 is 0 Å². The Balaban J connectivity index is 1.84. The molecular weight excluding hydrogens is 304 g/mol. The average molecular weight is 321 g/mol. The summed E-state index contributed by atoms with van der Waals surface area (Å²) in [5.74, 6) is -0.138. The van der Waals surface area contributed by atoms with Crippen LogP contribution in [-0.4, -0.2) is 51.1 Å². The summed E-state index contributed by atoms with van der Waals surface area (Å²) >= 11 is 6.14. The molecule has 6 nitrogen and oxygen atoms in total. The largest absolute Gasteiger partial charge is 0.375 e. The Morgan fingerprint density at radius 1 is 1.36 bits per heavy atom. The molecule has 1 amide bonds. The van der Waals surface area contributed by atoms with Crippen LogP contribution in [0.3, 0.4) is 0 Å². The number of amides is 1. The summed E-state index contributed by atoms with van der Waals surface area (Å²) in [6.45, 7) is 5.00. The van der Waals surface area contributed by atoms with Gasteiger partial charge in [-0.3, -0.25) is 4.79 Å². The number of hydrogen-bond acceptors (Lipinski definition) is 4. The van der Waals surface area contributed by atoms with Crippen LogP contribution in [0.25, 0.3) is 5.69 Å². The van der Waals surface area contributed by atoms with Gasteiger partial charge in [0.15, 0.2) is 5.69 Å². The molecule has 1 aromatic carbocycles. The Labute approximate surface area is 133 Å². The van der Waals surface area contributed by atoms with E-state index in [4.69, 9.17) is 16.3 Å². The van der Waals surface area contributed by atoms with Crippen molar-refractivity contribution in [1.82, 2.24) is 19.9 Å². The standard InChI is InChI=1S/C15H17ClN4O2/c1-10-9-22-11(2)7-19(10)15(21)13-8-20(18-17-13)14-6-4-3-5-12(14)16/h3-6,8,10-11H,7,9H2,1-2H3. The lowest BCUT2D eigenvalue weighted by Crippen LogP contribution is -2.50. The van der Waals surface area contributed by atoms with Gasteiger partial charge in [0.1, 0.15) is 0 Å². The highest BCUT2D eigenvalue weighted by Crippen LogP contribution is 2.20. The maximum atomic E-state index is 12.6. The summed E-state index contributed by atoms with van der Waals surface area (Å²) in [5, 5.41) is 8.56. The quantitative estimate of drug-likeness (QED) is 0.851. The van der Waals surface area contributed by atoms with Crippen molar-refractivity contribution in [2.24, 2.45) is 0 Å². The van der Waals surface area contributed by atoms with Crippen LogP contribution in [0.4, 0.5) is 0 Å². The molecule has 2 unspecified atom stereocenters. The van der Waals surface area contributed by atoms with Crippen molar-refractivity contribution in [2.45, 2.75) is 26.0 Å². The summed E-state index contributed by atoms with van der Waals surface area (Å²) < 4.78 is 7.06. The monoisotopic (exact) mass is 320 g/mol. The molecule has 2 atom stereocenters. The normalized spacial score (nSPS) is 21.9. The molecule has 0 saturated carbocycles. The molecule has 0 radical (unpaired) electrons. The van der Waals surface area contributed by atoms with Crippen LogP contribution in [-0.2, 0) is 4.74 Å². The van der Waals surface area contributed by atoms with Crippen LogP contribution in [0, 0.1) is 0 Å². The van der Waals surface area contributed by atoms with Gasteiger partial charge < -0.3 is 9.64 Å². The van der Waals surface area contributed by atoms with Crippen LogP contribution in [0.1, 0.15) is 24.3 Å². The van der Waals surface area contributed by atoms with E-state index in [2.05, 4.69) is 10.3 Å². The van der Waals surface area contributed by atoms with E-state index in [9.17, 15) is 4.79 Å². The second kappa shape index (κ2) is 6.06. The zero-order valence-electron chi connectivity index (χ0n) is 12.4. The van der Waals surface area contributed by atoms with Crippen molar-refractivity contribution in [2.75, 3.05) is 13.2 Å². The average Bonchev–Trinajstić information content (AvgIpc) is 2.99. The third-order valence-electron chi connectivity index (χ3n) is 3.68. The molecule has 0 spiro atoms. The smallest absolute Gasteiger partial charge is 0.276 e. The number of carbonyl (C=O) groups is 1. The second-order valence-electron chi connectivity index (χ2n) is 5.45. The van der Waals surface area contributed by atoms with Crippen LogP contribution in [0.5, 0.6) is 0 Å². The Bertz CT molecular complexity index is 688. The van der Waals surface area contributed by atoms with Gasteiger partial charge in [-0.25, -0.2) is 4.68 Å². The van der Waals surface area contributed by atoms with Crippen LogP contribution in [0.2, 0.25) is 5.02 Å². The molecule has 1 aliphatic rings. The first-order valence-electron chi connectivity index (χ1n) is 7.16. The van der Waals surface area contributed by atoms with Crippen molar-refractivity contribution in [3.8, 4) is 5.69 Å². The van der Waals surface area contributed by atoms with Gasteiger partial charge in [0.25, 0.3) is 5.91 Å². The minimum atomic E-state index is -0.138. The zero-order chi connectivity index (χ0) is 15.7. The van der Waals surface area contributed by atoms with Crippen LogP contribution >= 0.6 is 11.6 Å². The van der Waals surface area contributed by atoms with Crippen LogP contribution in [0.15, 0.2) is 30.5 Å². The molecule has 0 aliphatic carbocycles. The predicted molar refractivity (Wildman–Crippen MR) is 82.3 cm³/mol. The number of nitrogens with zero attached hydrogens (tertiary/aromatic N) is 4. The number of benzene rings is 1. The second-order valence-corrected chi connectivity index (χ2v) is 5.86. The van der Waals surface area contributed by atoms with Gasteiger partial charge in [-0.05, 0) is 26.0 Å². The highest BCUT2D eigenvalue weighted by molar-refractivity contribution is 6.32. The maximum absolute atomic E-state index is 12.6. The van der Waals surface area contributed by atoms with Crippen LogP contribution < -0.4 is 0 Å². The summed E-state index contributed by atoms with van der Waals surface area (Å²) in [6.07, 6.45) is 1.63. The number of rotatable bonds is 2. The van der Waals surface area contributed by atoms with Gasteiger partial charge >= 0.3 is 0 Å². The van der Waals surface area contributed by atoms with Gasteiger partial charge in [0.05, 0.1) is 35.7 Å². The molecule has 1 aliphatic heterocycles. The highest BCUT2D eigenvalue weighted by atomic mass is 35.5. The van der Waals surface area contributed by atoms with Gasteiger partial charge in [-0.1, -0.05) is 28.9 Å². The maximum Gasteiger partial charge on any atom is 0.276 e. The summed E-state index contributed by atoms with van der Waals surface area (Å²) in [6, 6.07) is 7.31.